The number of halogens is 5. The lowest BCUT2D eigenvalue weighted by Gasteiger charge is -2.12. The van der Waals surface area contributed by atoms with E-state index in [2.05, 4.69) is 70.8 Å². The van der Waals surface area contributed by atoms with Crippen molar-refractivity contribution < 1.29 is 14.3 Å². The Hall–Kier alpha value is -7.37. The molecule has 0 atom stereocenters. The molecule has 0 bridgehead atoms. The van der Waals surface area contributed by atoms with Crippen molar-refractivity contribution in [3.05, 3.63) is 147 Å². The molecule has 18 nitrogen and oxygen atoms in total. The topological polar surface area (TPSA) is 214 Å². The van der Waals surface area contributed by atoms with Crippen LogP contribution in [0.1, 0.15) is 38.6 Å². The van der Waals surface area contributed by atoms with E-state index in [4.69, 9.17) is 83.5 Å². The van der Waals surface area contributed by atoms with Crippen LogP contribution in [-0.4, -0.2) is 71.0 Å². The van der Waals surface area contributed by atoms with Crippen molar-refractivity contribution in [3.8, 4) is 17.1 Å². The highest BCUT2D eigenvalue weighted by Gasteiger charge is 2.14. The maximum absolute atomic E-state index is 12.2. The molecule has 0 aliphatic carbocycles. The standard InChI is InChI=1S/C14H12ClN5O.C14H10ClN5.C9H11N3.C5H3ClN2O2.CH2Cl2.CH4/c1-3-17-12-7-10(16-2)4-5-11(12)19-14(21)9-6-13(15)20-18-8-9;1-3-20-12-7-10(16-2)4-5-11(12)18-14(20)9-6-13(15)19-17-8-9;1-3-12-9-6-7(11-2)4-5-8(9)10;6-5-1-4(10-3-9)2-7-8-5;2-1-3;/h4-8,17H,3H2,1H3,(H,19,21);4-8H,3H2,1H3;4-6,12H,3,10H2,1H3;1-3H;1H2;1H4. The molecule has 4 heterocycles. The maximum Gasteiger partial charge on any atom is 0.298 e. The summed E-state index contributed by atoms with van der Waals surface area (Å²) >= 11 is 26.5. The van der Waals surface area contributed by atoms with E-state index in [1.165, 1.54) is 24.5 Å². The molecule has 23 heteroatoms. The number of ether oxygens (including phenoxy) is 1. The number of nitrogens with zero attached hydrogens (tertiary/aromatic N) is 11. The van der Waals surface area contributed by atoms with Crippen LogP contribution in [0.4, 0.5) is 39.8 Å². The number of alkyl halides is 2. The van der Waals surface area contributed by atoms with Gasteiger partial charge in [0, 0.05) is 42.6 Å². The van der Waals surface area contributed by atoms with E-state index in [0.717, 1.165) is 41.2 Å². The third kappa shape index (κ3) is 17.9. The number of aryl methyl sites for hydroxylation is 1. The van der Waals surface area contributed by atoms with Crippen LogP contribution in [0, 0.1) is 19.7 Å². The summed E-state index contributed by atoms with van der Waals surface area (Å²) in [6.45, 7) is 29.4. The Balaban J connectivity index is 0.000000311. The molecule has 5 N–H and O–H groups in total. The minimum absolute atomic E-state index is 0. The monoisotopic (exact) mass is 1000 g/mol. The minimum atomic E-state index is -0.346. The van der Waals surface area contributed by atoms with Crippen LogP contribution in [0.3, 0.4) is 0 Å². The average molecular weight is 1010 g/mol. The number of nitrogen functional groups attached to an aromatic ring is 1. The molecule has 346 valence electrons. The zero-order valence-electron chi connectivity index (χ0n) is 35.2. The number of imidazole rings is 1. The molecule has 1 amide bonds. The number of hydrogen-bond donors (Lipinski definition) is 4. The van der Waals surface area contributed by atoms with Crippen molar-refractivity contribution in [3.63, 3.8) is 0 Å². The van der Waals surface area contributed by atoms with E-state index in [9.17, 15) is 9.59 Å². The van der Waals surface area contributed by atoms with E-state index in [1.807, 2.05) is 37.5 Å². The summed E-state index contributed by atoms with van der Waals surface area (Å²) in [6, 6.07) is 20.2. The molecule has 4 aromatic heterocycles. The van der Waals surface area contributed by atoms with Crippen LogP contribution in [-0.2, 0) is 11.3 Å². The number of carbonyl (C=O) groups is 2. The minimum Gasteiger partial charge on any atom is -0.427 e. The highest BCUT2D eigenvalue weighted by Crippen LogP contribution is 2.30. The largest absolute Gasteiger partial charge is 0.427 e. The first-order valence-electron chi connectivity index (χ1n) is 19.0. The van der Waals surface area contributed by atoms with Crippen molar-refractivity contribution in [2.24, 2.45) is 0 Å². The number of hydrogen-bond acceptors (Lipinski definition) is 13. The Morgan fingerprint density at radius 1 is 0.731 bits per heavy atom. The molecule has 0 saturated heterocycles. The Morgan fingerprint density at radius 2 is 1.27 bits per heavy atom. The molecule has 3 aromatic carbocycles. The summed E-state index contributed by atoms with van der Waals surface area (Å²) in [4.78, 5) is 36.7. The first-order valence-corrected chi connectivity index (χ1v) is 21.2. The molecular weight excluding hydrogens is 964 g/mol. The van der Waals surface area contributed by atoms with Gasteiger partial charge in [0.25, 0.3) is 12.4 Å². The molecule has 7 rings (SSSR count). The SMILES string of the molecule is C.ClCCl.O=COc1cnnc(Cl)c1.[C-]#[N+]c1ccc(N)c(NCC)c1.[C-]#[N+]c1ccc(NC(=O)c2cnnc(Cl)c2)c(NCC)c1.[C-]#[N+]c1ccc2nc(-c3cnnc(Cl)c3)n(CC)c2c1. The molecule has 0 unspecified atom stereocenters. The van der Waals surface area contributed by atoms with Gasteiger partial charge in [-0.3, -0.25) is 9.59 Å². The summed E-state index contributed by atoms with van der Waals surface area (Å²) in [6.07, 6.45) is 4.26. The van der Waals surface area contributed by atoms with Crippen LogP contribution in [0.15, 0.2) is 91.4 Å². The van der Waals surface area contributed by atoms with Gasteiger partial charge in [-0.05, 0) is 69.3 Å². The lowest BCUT2D eigenvalue weighted by molar-refractivity contribution is -0.120. The summed E-state index contributed by atoms with van der Waals surface area (Å²) in [5, 5.41) is 31.5. The molecule has 7 aromatic rings. The quantitative estimate of drug-likeness (QED) is 0.0435. The Bertz CT molecular complexity index is 2850. The summed E-state index contributed by atoms with van der Waals surface area (Å²) in [7, 11) is 0. The van der Waals surface area contributed by atoms with Gasteiger partial charge >= 0.3 is 0 Å². The molecule has 0 aliphatic heterocycles. The number of rotatable bonds is 10. The van der Waals surface area contributed by atoms with E-state index < -0.39 is 0 Å². The Morgan fingerprint density at radius 3 is 1.84 bits per heavy atom. The van der Waals surface area contributed by atoms with Gasteiger partial charge in [-0.1, -0.05) is 60.4 Å². The van der Waals surface area contributed by atoms with Gasteiger partial charge in [0.1, 0.15) is 5.82 Å². The second-order valence-corrected chi connectivity index (χ2v) is 14.2. The first kappa shape index (κ1) is 55.8. The smallest absolute Gasteiger partial charge is 0.298 e. The van der Waals surface area contributed by atoms with Crippen LogP contribution >= 0.6 is 58.0 Å². The van der Waals surface area contributed by atoms with Crippen LogP contribution in [0.2, 0.25) is 15.5 Å². The molecule has 0 saturated carbocycles. The average Bonchev–Trinajstić information content (AvgIpc) is 3.69. The lowest BCUT2D eigenvalue weighted by Crippen LogP contribution is -2.14. The van der Waals surface area contributed by atoms with Gasteiger partial charge in [-0.15, -0.1) is 38.5 Å². The maximum atomic E-state index is 12.2. The van der Waals surface area contributed by atoms with Gasteiger partial charge in [0.15, 0.2) is 38.3 Å². The fourth-order valence-electron chi connectivity index (χ4n) is 5.29. The summed E-state index contributed by atoms with van der Waals surface area (Å²) in [5.41, 5.74) is 13.1. The highest BCUT2D eigenvalue weighted by atomic mass is 35.5. The number of benzene rings is 3. The fourth-order valence-corrected chi connectivity index (χ4v) is 5.77. The third-order valence-corrected chi connectivity index (χ3v) is 8.57. The number of carbonyl (C=O) groups excluding carboxylic acids is 2. The van der Waals surface area contributed by atoms with Gasteiger partial charge in [0.2, 0.25) is 0 Å². The van der Waals surface area contributed by atoms with Crippen molar-refractivity contribution in [1.29, 1.82) is 0 Å². The molecule has 0 radical (unpaired) electrons. The molecule has 67 heavy (non-hydrogen) atoms. The van der Waals surface area contributed by atoms with Crippen molar-refractivity contribution in [2.45, 2.75) is 34.7 Å². The van der Waals surface area contributed by atoms with Crippen LogP contribution in [0.5, 0.6) is 5.75 Å². The first-order chi connectivity index (χ1) is 31.9. The third-order valence-electron chi connectivity index (χ3n) is 8.01. The highest BCUT2D eigenvalue weighted by molar-refractivity contribution is 6.40. The number of fused-ring (bicyclic) bond motifs is 1. The zero-order valence-corrected chi connectivity index (χ0v) is 39.0. The predicted molar refractivity (Wildman–Crippen MR) is 268 cm³/mol. The fraction of sp³-hybridized carbons (Fsp3) is 0.182. The molecule has 0 spiro atoms. The van der Waals surface area contributed by atoms with E-state index in [1.54, 1.807) is 54.7 Å². The Kier molecular flexibility index (Phi) is 24.9. The predicted octanol–water partition coefficient (Wildman–Crippen LogP) is 12.1. The zero-order chi connectivity index (χ0) is 48.4. The van der Waals surface area contributed by atoms with Crippen LogP contribution < -0.4 is 26.4 Å². The van der Waals surface area contributed by atoms with Crippen molar-refractivity contribution in [1.82, 2.24) is 40.1 Å². The second-order valence-electron chi connectivity index (χ2n) is 12.3. The van der Waals surface area contributed by atoms with Crippen LogP contribution in [0.25, 0.3) is 37.0 Å². The number of aromatic nitrogens is 8. The van der Waals surface area contributed by atoms with Gasteiger partial charge in [0.05, 0.1) is 71.6 Å². The molecule has 0 aliphatic rings. The van der Waals surface area contributed by atoms with Gasteiger partial charge in [-0.2, -0.15) is 15.3 Å². The number of nitrogens with two attached hydrogens (primary N) is 1. The van der Waals surface area contributed by atoms with Crippen molar-refractivity contribution >= 4 is 121 Å². The normalized spacial score (nSPS) is 9.45. The van der Waals surface area contributed by atoms with Crippen molar-refractivity contribution in [2.75, 3.05) is 40.1 Å². The van der Waals surface area contributed by atoms with E-state index in [-0.39, 0.29) is 34.7 Å². The van der Waals surface area contributed by atoms with E-state index in [0.29, 0.717) is 57.9 Å². The Labute approximate surface area is 412 Å². The second kappa shape index (κ2) is 30.0. The summed E-state index contributed by atoms with van der Waals surface area (Å²) in [5.74, 6) is 0.720. The van der Waals surface area contributed by atoms with E-state index >= 15 is 0 Å². The molecule has 0 fully saturated rings. The summed E-state index contributed by atoms with van der Waals surface area (Å²) < 4.78 is 6.46. The number of anilines is 4. The molecular formula is C44H42Cl5N15O3. The number of nitrogens with one attached hydrogen (secondary N) is 3. The van der Waals surface area contributed by atoms with Gasteiger partial charge in [-0.25, -0.2) is 19.5 Å². The van der Waals surface area contributed by atoms with Gasteiger partial charge < -0.3 is 31.0 Å². The number of amides is 1. The lowest BCUT2D eigenvalue weighted by atomic mass is 10.2.